The van der Waals surface area contributed by atoms with Crippen LogP contribution in [0.3, 0.4) is 0 Å². The highest BCUT2D eigenvalue weighted by Gasteiger charge is 2.84. The summed E-state index contributed by atoms with van der Waals surface area (Å²) in [5, 5.41) is 0. The van der Waals surface area contributed by atoms with Gasteiger partial charge in [0.2, 0.25) is 17.7 Å². The van der Waals surface area contributed by atoms with Crippen LogP contribution in [0.15, 0.2) is 115 Å². The lowest BCUT2D eigenvalue weighted by molar-refractivity contribution is -0.175. The number of fused-ring (bicyclic) bond motifs is 2. The second-order valence-corrected chi connectivity index (χ2v) is 15.0. The van der Waals surface area contributed by atoms with Gasteiger partial charge >= 0.3 is 5.97 Å². The summed E-state index contributed by atoms with van der Waals surface area (Å²) in [6, 6.07) is 36.8. The van der Waals surface area contributed by atoms with Gasteiger partial charge in [0.15, 0.2) is 0 Å². The Balaban J connectivity index is 1.36. The Morgan fingerprint density at radius 3 is 1.98 bits per heavy atom. The molecule has 3 fully saturated rings. The fourth-order valence-corrected chi connectivity index (χ4v) is 10.9. The first-order chi connectivity index (χ1) is 25.6. The molecule has 0 unspecified atom stereocenters. The zero-order valence-corrected chi connectivity index (χ0v) is 30.4. The smallest absolute Gasteiger partial charge is 0.302 e. The summed E-state index contributed by atoms with van der Waals surface area (Å²) in [5.74, 6) is -2.82. The molecule has 4 aliphatic rings. The third-order valence-electron chi connectivity index (χ3n) is 12.7. The third-order valence-corrected chi connectivity index (χ3v) is 12.7. The highest BCUT2D eigenvalue weighted by molar-refractivity contribution is 6.23. The molecule has 2 heterocycles. The minimum absolute atomic E-state index is 0.0497. The van der Waals surface area contributed by atoms with Crippen molar-refractivity contribution in [2.75, 3.05) is 25.7 Å². The molecule has 9 nitrogen and oxygen atoms in total. The average Bonchev–Trinajstić information content (AvgIpc) is 3.64. The first kappa shape index (κ1) is 34.9. The molecular formula is C44H44N2O7. The molecule has 0 radical (unpaired) electrons. The molecule has 272 valence electrons. The van der Waals surface area contributed by atoms with Crippen molar-refractivity contribution >= 4 is 29.4 Å². The van der Waals surface area contributed by atoms with Crippen LogP contribution in [-0.2, 0) is 51.0 Å². The summed E-state index contributed by atoms with van der Waals surface area (Å²) in [4.78, 5) is 59.8. The summed E-state index contributed by atoms with van der Waals surface area (Å²) in [6.45, 7) is 3.04. The first-order valence-electron chi connectivity index (χ1n) is 18.3. The van der Waals surface area contributed by atoms with Crippen molar-refractivity contribution in [1.82, 2.24) is 4.90 Å². The van der Waals surface area contributed by atoms with Crippen molar-refractivity contribution in [3.8, 4) is 0 Å². The number of ether oxygens (including phenoxy) is 3. The van der Waals surface area contributed by atoms with Crippen LogP contribution in [0.1, 0.15) is 48.9 Å². The maximum absolute atomic E-state index is 15.3. The minimum Gasteiger partial charge on any atom is -0.461 e. The number of carbonyl (C=O) groups excluding carboxylic acids is 4. The number of hydrogen-bond acceptors (Lipinski definition) is 7. The van der Waals surface area contributed by atoms with Gasteiger partial charge < -0.3 is 19.1 Å². The second kappa shape index (κ2) is 13.1. The van der Waals surface area contributed by atoms with Gasteiger partial charge in [-0.3, -0.25) is 19.2 Å². The van der Waals surface area contributed by atoms with E-state index >= 15 is 9.59 Å². The summed E-state index contributed by atoms with van der Waals surface area (Å²) in [5.41, 5.74) is 0.305. The molecule has 7 atom stereocenters. The van der Waals surface area contributed by atoms with Crippen LogP contribution in [0.25, 0.3) is 0 Å². The van der Waals surface area contributed by atoms with Gasteiger partial charge in [-0.15, -0.1) is 0 Å². The van der Waals surface area contributed by atoms with E-state index in [4.69, 9.17) is 14.2 Å². The maximum atomic E-state index is 15.3. The van der Waals surface area contributed by atoms with Gasteiger partial charge in [-0.1, -0.05) is 109 Å². The van der Waals surface area contributed by atoms with E-state index < -0.39 is 52.3 Å². The number of imide groups is 1. The lowest BCUT2D eigenvalue weighted by Gasteiger charge is -2.52. The number of benzene rings is 4. The third kappa shape index (κ3) is 4.90. The molecule has 9 heteroatoms. The molecule has 1 saturated heterocycles. The average molecular weight is 713 g/mol. The predicted octanol–water partition coefficient (Wildman–Crippen LogP) is 6.04. The number of nitrogens with zero attached hydrogens (tertiary/aromatic N) is 2. The zero-order valence-electron chi connectivity index (χ0n) is 30.4. The standard InChI is InChI=1S/C44H44N2O7/c1-28(47)46-36-23-15-14-22-34(36)44(41(46)50)37(53-29(2)48)24-35-33(25-43(51-4,31-18-10-6-11-19-31)32-20-12-7-13-21-32)38-39(44)42(35,40(49)45(38)3)27-52-26-30-16-8-5-9-17-30/h5-23,33,35,37-39H,24-27H2,1-4H3/t33-,35-,37-,38-,39+,42+,44-/m0/s1. The number of carbonyl (C=O) groups is 4. The summed E-state index contributed by atoms with van der Waals surface area (Å²) < 4.78 is 19.5. The van der Waals surface area contributed by atoms with Crippen molar-refractivity contribution in [1.29, 1.82) is 0 Å². The van der Waals surface area contributed by atoms with Gasteiger partial charge in [-0.2, -0.15) is 0 Å². The Morgan fingerprint density at radius 2 is 1.40 bits per heavy atom. The lowest BCUT2D eigenvalue weighted by atomic mass is 9.51. The molecule has 3 amide bonds. The Bertz CT molecular complexity index is 2020. The largest absolute Gasteiger partial charge is 0.461 e. The van der Waals surface area contributed by atoms with Gasteiger partial charge in [0.05, 0.1) is 24.3 Å². The molecule has 2 saturated carbocycles. The maximum Gasteiger partial charge on any atom is 0.302 e. The lowest BCUT2D eigenvalue weighted by Crippen LogP contribution is -2.64. The molecule has 4 aromatic carbocycles. The highest BCUT2D eigenvalue weighted by Crippen LogP contribution is 2.73. The quantitative estimate of drug-likeness (QED) is 0.185. The SMILES string of the molecule is COC(C[C@@H]1[C@H]2[C@@H]3[C@](COCc4ccccc4)(C(=O)N2C)[C@H]1C[C@H](OC(C)=O)[C@]31C(=O)N(C(C)=O)c2ccccc21)(c1ccccc1)c1ccccc1. The van der Waals surface area contributed by atoms with E-state index in [-0.39, 0.29) is 37.4 Å². The Hall–Kier alpha value is -5.12. The summed E-state index contributed by atoms with van der Waals surface area (Å²) in [7, 11) is 3.53. The van der Waals surface area contributed by atoms with Gasteiger partial charge in [0.1, 0.15) is 17.1 Å². The first-order valence-corrected chi connectivity index (χ1v) is 18.3. The fraction of sp³-hybridized carbons (Fsp3) is 0.364. The molecule has 1 spiro atoms. The van der Waals surface area contributed by atoms with E-state index in [0.29, 0.717) is 17.7 Å². The topological polar surface area (TPSA) is 102 Å². The van der Waals surface area contributed by atoms with Crippen LogP contribution in [0.5, 0.6) is 0 Å². The number of anilines is 1. The molecule has 8 rings (SSSR count). The van der Waals surface area contributed by atoms with Crippen LogP contribution in [-0.4, -0.2) is 61.5 Å². The number of likely N-dealkylation sites (tertiary alicyclic amines) is 1. The van der Waals surface area contributed by atoms with Crippen LogP contribution >= 0.6 is 0 Å². The normalized spacial score (nSPS) is 28.4. The van der Waals surface area contributed by atoms with E-state index in [0.717, 1.165) is 16.7 Å². The zero-order chi connectivity index (χ0) is 37.1. The van der Waals surface area contributed by atoms with Crippen molar-refractivity contribution in [3.63, 3.8) is 0 Å². The van der Waals surface area contributed by atoms with E-state index in [9.17, 15) is 9.59 Å². The van der Waals surface area contributed by atoms with Crippen molar-refractivity contribution in [2.24, 2.45) is 23.2 Å². The second-order valence-electron chi connectivity index (χ2n) is 15.0. The number of hydrogen-bond donors (Lipinski definition) is 0. The summed E-state index contributed by atoms with van der Waals surface area (Å²) >= 11 is 0. The molecule has 4 bridgehead atoms. The Morgan fingerprint density at radius 1 is 0.811 bits per heavy atom. The monoisotopic (exact) mass is 712 g/mol. The highest BCUT2D eigenvalue weighted by atomic mass is 16.5. The molecule has 53 heavy (non-hydrogen) atoms. The van der Waals surface area contributed by atoms with E-state index in [1.54, 1.807) is 24.1 Å². The Kier molecular flexibility index (Phi) is 8.62. The number of amides is 3. The number of esters is 1. The van der Waals surface area contributed by atoms with Crippen molar-refractivity contribution < 1.29 is 33.4 Å². The van der Waals surface area contributed by atoms with Crippen molar-refractivity contribution in [3.05, 3.63) is 138 Å². The van der Waals surface area contributed by atoms with Crippen molar-refractivity contribution in [2.45, 2.75) is 56.5 Å². The van der Waals surface area contributed by atoms with Crippen LogP contribution in [0.2, 0.25) is 0 Å². The summed E-state index contributed by atoms with van der Waals surface area (Å²) in [6.07, 6.45) is -0.246. The fourth-order valence-electron chi connectivity index (χ4n) is 10.9. The molecular weight excluding hydrogens is 668 g/mol. The van der Waals surface area contributed by atoms with Gasteiger partial charge in [0, 0.05) is 40.0 Å². The number of piperidine rings is 1. The molecule has 2 aliphatic heterocycles. The van der Waals surface area contributed by atoms with E-state index in [1.807, 2.05) is 85.9 Å². The molecule has 0 N–H and O–H groups in total. The van der Waals surface area contributed by atoms with Crippen LogP contribution in [0.4, 0.5) is 5.69 Å². The van der Waals surface area contributed by atoms with Gasteiger partial charge in [-0.05, 0) is 53.0 Å². The van der Waals surface area contributed by atoms with Gasteiger partial charge in [-0.25, -0.2) is 4.90 Å². The van der Waals surface area contributed by atoms with E-state index in [1.165, 1.54) is 18.7 Å². The number of para-hydroxylation sites is 1. The van der Waals surface area contributed by atoms with E-state index in [2.05, 4.69) is 24.3 Å². The van der Waals surface area contributed by atoms with Crippen LogP contribution < -0.4 is 4.90 Å². The minimum atomic E-state index is -1.53. The van der Waals surface area contributed by atoms with Gasteiger partial charge in [0.25, 0.3) is 0 Å². The van der Waals surface area contributed by atoms with Crippen LogP contribution in [0, 0.1) is 23.2 Å². The molecule has 0 aromatic heterocycles. The number of rotatable bonds is 10. The number of methoxy groups -OCH3 is 1. The predicted molar refractivity (Wildman–Crippen MR) is 197 cm³/mol. The molecule has 2 aliphatic carbocycles. The Labute approximate surface area is 309 Å². The molecule has 4 aromatic rings.